The van der Waals surface area contributed by atoms with Crippen LogP contribution in [0.2, 0.25) is 0 Å². The second-order valence-electron chi connectivity index (χ2n) is 4.09. The van der Waals surface area contributed by atoms with Crippen molar-refractivity contribution in [3.05, 3.63) is 53.0 Å². The molecule has 0 aromatic heterocycles. The Balaban J connectivity index is 0. The van der Waals surface area contributed by atoms with Crippen LogP contribution in [0.1, 0.15) is 66.9 Å². The van der Waals surface area contributed by atoms with Crippen LogP contribution in [0.25, 0.3) is 0 Å². The van der Waals surface area contributed by atoms with Crippen LogP contribution in [0.5, 0.6) is 0 Å². The Labute approximate surface area is 144 Å². The third-order valence-electron chi connectivity index (χ3n) is 2.91. The fourth-order valence-corrected chi connectivity index (χ4v) is 3.21. The van der Waals surface area contributed by atoms with E-state index >= 15 is 0 Å². The predicted octanol–water partition coefficient (Wildman–Crippen LogP) is 6.34. The molecule has 0 amide bonds. The molecule has 0 aliphatic heterocycles. The van der Waals surface area contributed by atoms with Gasteiger partial charge in [0.1, 0.15) is 0 Å². The molecule has 0 bridgehead atoms. The molecule has 0 radical (unpaired) electrons. The van der Waals surface area contributed by atoms with Gasteiger partial charge in [0.25, 0.3) is 0 Å². The molecule has 0 fully saturated rings. The Kier molecular flexibility index (Phi) is 14.8. The van der Waals surface area contributed by atoms with Crippen LogP contribution in [-0.4, -0.2) is 8.42 Å². The number of hydrogen-bond donors (Lipinski definition) is 0. The highest BCUT2D eigenvalue weighted by atomic mass is 32.2. The van der Waals surface area contributed by atoms with Crippen LogP contribution >= 0.6 is 0 Å². The monoisotopic (exact) mass is 338 g/mol. The highest BCUT2D eigenvalue weighted by Gasteiger charge is 2.19. The summed E-state index contributed by atoms with van der Waals surface area (Å²) in [6.07, 6.45) is 8.05. The van der Waals surface area contributed by atoms with E-state index in [1.807, 2.05) is 59.8 Å². The molecule has 2 rings (SSSR count). The van der Waals surface area contributed by atoms with E-state index < -0.39 is 9.84 Å². The summed E-state index contributed by atoms with van der Waals surface area (Å²) in [5.74, 6) is 0. The molecule has 3 heteroatoms. The molecule has 23 heavy (non-hydrogen) atoms. The van der Waals surface area contributed by atoms with Gasteiger partial charge in [-0.3, -0.25) is 0 Å². The van der Waals surface area contributed by atoms with Gasteiger partial charge in [0.2, 0.25) is 9.84 Å². The molecule has 1 aromatic carbocycles. The van der Waals surface area contributed by atoms with Crippen molar-refractivity contribution in [3.8, 4) is 0 Å². The molecule has 0 unspecified atom stereocenters. The quantitative estimate of drug-likeness (QED) is 0.645. The standard InChI is InChI=1S/C14H16O2S.3C2H6/c1-2-12-8-10-14(11-9-12)17(15,16)13-6-4-3-5-7-13;3*1-2/h4,6-11H,2-3,5H2,1H3;3*1-2H3. The van der Waals surface area contributed by atoms with E-state index in [0.717, 1.165) is 24.8 Å². The van der Waals surface area contributed by atoms with Crippen molar-refractivity contribution < 1.29 is 8.42 Å². The molecule has 1 aliphatic rings. The summed E-state index contributed by atoms with van der Waals surface area (Å²) in [5, 5.41) is 0. The fourth-order valence-electron chi connectivity index (χ4n) is 1.83. The van der Waals surface area contributed by atoms with Crippen molar-refractivity contribution in [2.24, 2.45) is 0 Å². The van der Waals surface area contributed by atoms with Gasteiger partial charge >= 0.3 is 0 Å². The second kappa shape index (κ2) is 14.3. The first-order chi connectivity index (χ1) is 11.1. The molecule has 0 saturated heterocycles. The van der Waals surface area contributed by atoms with Crippen LogP contribution in [0.15, 0.2) is 52.3 Å². The number of benzene rings is 1. The van der Waals surface area contributed by atoms with Crippen molar-refractivity contribution in [1.82, 2.24) is 0 Å². The fraction of sp³-hybridized carbons (Fsp3) is 0.500. The van der Waals surface area contributed by atoms with Gasteiger partial charge in [0.15, 0.2) is 0 Å². The maximum Gasteiger partial charge on any atom is 0.206 e. The van der Waals surface area contributed by atoms with Gasteiger partial charge in [-0.05, 0) is 43.0 Å². The molecule has 132 valence electrons. The second-order valence-corrected chi connectivity index (χ2v) is 6.04. The van der Waals surface area contributed by atoms with Gasteiger partial charge in [-0.15, -0.1) is 0 Å². The molecule has 0 heterocycles. The Morgan fingerprint density at radius 1 is 0.870 bits per heavy atom. The largest absolute Gasteiger partial charge is 0.219 e. The minimum atomic E-state index is -3.31. The minimum absolute atomic E-state index is 0.382. The SMILES string of the molecule is CC.CC.CC.CCc1ccc(S(=O)(=O)C2=CCCC=C2)cc1. The summed E-state index contributed by atoms with van der Waals surface area (Å²) in [5.41, 5.74) is 1.15. The summed E-state index contributed by atoms with van der Waals surface area (Å²) in [4.78, 5) is 0.806. The van der Waals surface area contributed by atoms with Gasteiger partial charge in [0.05, 0.1) is 9.80 Å². The van der Waals surface area contributed by atoms with E-state index in [4.69, 9.17) is 0 Å². The van der Waals surface area contributed by atoms with Crippen LogP contribution in [-0.2, 0) is 16.3 Å². The third kappa shape index (κ3) is 7.65. The van der Waals surface area contributed by atoms with Gasteiger partial charge in [-0.2, -0.15) is 0 Å². The molecular formula is C20H34O2S. The zero-order valence-corrected chi connectivity index (χ0v) is 16.7. The molecular weight excluding hydrogens is 304 g/mol. The van der Waals surface area contributed by atoms with E-state index in [2.05, 4.69) is 6.92 Å². The Bertz CT molecular complexity index is 550. The highest BCUT2D eigenvalue weighted by Crippen LogP contribution is 2.24. The molecule has 0 N–H and O–H groups in total. The normalized spacial score (nSPS) is 12.4. The van der Waals surface area contributed by atoms with Crippen LogP contribution in [0.4, 0.5) is 0 Å². The number of sulfone groups is 1. The molecule has 1 aliphatic carbocycles. The molecule has 2 nitrogen and oxygen atoms in total. The molecule has 0 spiro atoms. The zero-order chi connectivity index (χ0) is 18.3. The van der Waals surface area contributed by atoms with Crippen molar-refractivity contribution >= 4 is 9.84 Å². The van der Waals surface area contributed by atoms with E-state index in [9.17, 15) is 8.42 Å². The van der Waals surface area contributed by atoms with Crippen LogP contribution < -0.4 is 0 Å². The minimum Gasteiger partial charge on any atom is -0.219 e. The van der Waals surface area contributed by atoms with Crippen molar-refractivity contribution in [2.45, 2.75) is 72.6 Å². The maximum atomic E-state index is 12.3. The topological polar surface area (TPSA) is 34.1 Å². The average molecular weight is 339 g/mol. The lowest BCUT2D eigenvalue weighted by Crippen LogP contribution is -2.04. The molecule has 1 aromatic rings. The van der Waals surface area contributed by atoms with Gasteiger partial charge in [-0.1, -0.05) is 72.8 Å². The Hall–Kier alpha value is -1.35. The first kappa shape index (κ1) is 23.9. The smallest absolute Gasteiger partial charge is 0.206 e. The Morgan fingerprint density at radius 3 is 1.78 bits per heavy atom. The van der Waals surface area contributed by atoms with Crippen LogP contribution in [0.3, 0.4) is 0 Å². The molecule has 0 saturated carbocycles. The van der Waals surface area contributed by atoms with Gasteiger partial charge < -0.3 is 0 Å². The summed E-state index contributed by atoms with van der Waals surface area (Å²) in [6, 6.07) is 7.13. The Morgan fingerprint density at radius 2 is 1.39 bits per heavy atom. The zero-order valence-electron chi connectivity index (χ0n) is 15.9. The van der Waals surface area contributed by atoms with E-state index in [-0.39, 0.29) is 0 Å². The predicted molar refractivity (Wildman–Crippen MR) is 104 cm³/mol. The summed E-state index contributed by atoms with van der Waals surface area (Å²) >= 11 is 0. The van der Waals surface area contributed by atoms with E-state index in [1.165, 1.54) is 0 Å². The third-order valence-corrected chi connectivity index (χ3v) is 4.73. The van der Waals surface area contributed by atoms with Gasteiger partial charge in [-0.25, -0.2) is 8.42 Å². The molecule has 0 atom stereocenters. The summed E-state index contributed by atoms with van der Waals surface area (Å²) in [6.45, 7) is 14.1. The van der Waals surface area contributed by atoms with Crippen molar-refractivity contribution in [1.29, 1.82) is 0 Å². The van der Waals surface area contributed by atoms with Crippen LogP contribution in [0, 0.1) is 0 Å². The van der Waals surface area contributed by atoms with Gasteiger partial charge in [0, 0.05) is 0 Å². The number of aryl methyl sites for hydroxylation is 1. The average Bonchev–Trinajstić information content (AvgIpc) is 2.67. The summed E-state index contributed by atoms with van der Waals surface area (Å²) < 4.78 is 24.5. The number of hydrogen-bond acceptors (Lipinski definition) is 2. The highest BCUT2D eigenvalue weighted by molar-refractivity contribution is 7.95. The lowest BCUT2D eigenvalue weighted by molar-refractivity contribution is 0.602. The van der Waals surface area contributed by atoms with E-state index in [1.54, 1.807) is 24.3 Å². The lowest BCUT2D eigenvalue weighted by atomic mass is 10.2. The van der Waals surface area contributed by atoms with Crippen molar-refractivity contribution in [2.75, 3.05) is 0 Å². The first-order valence-corrected chi connectivity index (χ1v) is 10.3. The first-order valence-electron chi connectivity index (χ1n) is 8.85. The lowest BCUT2D eigenvalue weighted by Gasteiger charge is -2.09. The number of rotatable bonds is 3. The van der Waals surface area contributed by atoms with E-state index in [0.29, 0.717) is 9.80 Å². The maximum absolute atomic E-state index is 12.3. The number of allylic oxidation sites excluding steroid dienone is 3. The summed E-state index contributed by atoms with van der Waals surface area (Å²) in [7, 11) is -3.31. The van der Waals surface area contributed by atoms with Crippen molar-refractivity contribution in [3.63, 3.8) is 0 Å².